The molecule has 0 aliphatic heterocycles. The van der Waals surface area contributed by atoms with Crippen molar-refractivity contribution in [1.82, 2.24) is 0 Å². The van der Waals surface area contributed by atoms with Gasteiger partial charge in [-0.15, -0.1) is 0 Å². The van der Waals surface area contributed by atoms with Gasteiger partial charge in [-0.1, -0.05) is 6.07 Å². The number of aryl methyl sites for hydroxylation is 1. The van der Waals surface area contributed by atoms with Crippen LogP contribution in [0.15, 0.2) is 40.9 Å². The molecule has 0 bridgehead atoms. The highest BCUT2D eigenvalue weighted by Gasteiger charge is 2.06. The molecule has 0 unspecified atom stereocenters. The molecule has 2 rings (SSSR count). The van der Waals surface area contributed by atoms with Gasteiger partial charge < -0.3 is 10.6 Å². The van der Waals surface area contributed by atoms with Crippen molar-refractivity contribution in [2.75, 3.05) is 17.2 Å². The first-order valence-corrected chi connectivity index (χ1v) is 7.50. The van der Waals surface area contributed by atoms with E-state index in [0.717, 1.165) is 22.2 Å². The predicted octanol–water partition coefficient (Wildman–Crippen LogP) is 4.48. The van der Waals surface area contributed by atoms with Crippen molar-refractivity contribution in [2.45, 2.75) is 13.3 Å². The normalized spacial score (nSPS) is 10.4. The van der Waals surface area contributed by atoms with E-state index in [1.165, 1.54) is 6.07 Å². The molecule has 0 aliphatic rings. The molecule has 3 nitrogen and oxygen atoms in total. The third kappa shape index (κ3) is 4.53. The highest BCUT2D eigenvalue weighted by atomic mass is 79.9. The second kappa shape index (κ2) is 7.35. The maximum atomic E-state index is 13.0. The number of hydrogen-bond donors (Lipinski definition) is 2. The Morgan fingerprint density at radius 3 is 2.59 bits per heavy atom. The number of amides is 1. The summed E-state index contributed by atoms with van der Waals surface area (Å²) in [4.78, 5) is 11.9. The molecule has 0 aromatic heterocycles. The molecule has 0 aliphatic carbocycles. The monoisotopic (exact) mass is 368 g/mol. The quantitative estimate of drug-likeness (QED) is 0.816. The van der Waals surface area contributed by atoms with Gasteiger partial charge in [0.05, 0.1) is 5.69 Å². The largest absolute Gasteiger partial charge is 0.384 e. The third-order valence-corrected chi connectivity index (χ3v) is 3.66. The SMILES string of the molecule is Cc1ccc(NC(=O)CCNc2ccc(F)c(F)c2)c(Br)c1. The highest BCUT2D eigenvalue weighted by molar-refractivity contribution is 9.10. The van der Waals surface area contributed by atoms with E-state index < -0.39 is 11.6 Å². The number of carbonyl (C=O) groups excluding carboxylic acids is 1. The minimum Gasteiger partial charge on any atom is -0.384 e. The standard InChI is InChI=1S/C16H15BrF2N2O/c1-10-2-5-15(12(17)8-10)21-16(22)6-7-20-11-3-4-13(18)14(19)9-11/h2-5,8-9,20H,6-7H2,1H3,(H,21,22). The van der Waals surface area contributed by atoms with Crippen molar-refractivity contribution in [3.8, 4) is 0 Å². The molecule has 22 heavy (non-hydrogen) atoms. The molecule has 0 radical (unpaired) electrons. The second-order valence-electron chi connectivity index (χ2n) is 4.84. The molecule has 2 aromatic rings. The minimum atomic E-state index is -0.918. The summed E-state index contributed by atoms with van der Waals surface area (Å²) < 4.78 is 26.6. The summed E-state index contributed by atoms with van der Waals surface area (Å²) in [7, 11) is 0. The Hall–Kier alpha value is -1.95. The van der Waals surface area contributed by atoms with E-state index >= 15 is 0 Å². The first-order valence-electron chi connectivity index (χ1n) is 6.70. The Morgan fingerprint density at radius 1 is 1.14 bits per heavy atom. The van der Waals surface area contributed by atoms with E-state index in [4.69, 9.17) is 0 Å². The van der Waals surface area contributed by atoms with Crippen molar-refractivity contribution >= 4 is 33.2 Å². The topological polar surface area (TPSA) is 41.1 Å². The molecule has 1 amide bonds. The van der Waals surface area contributed by atoms with Crippen molar-refractivity contribution in [3.63, 3.8) is 0 Å². The van der Waals surface area contributed by atoms with Crippen LogP contribution in [-0.2, 0) is 4.79 Å². The number of anilines is 2. The maximum absolute atomic E-state index is 13.0. The smallest absolute Gasteiger partial charge is 0.226 e. The van der Waals surface area contributed by atoms with Crippen molar-refractivity contribution < 1.29 is 13.6 Å². The molecular weight excluding hydrogens is 354 g/mol. The molecular formula is C16H15BrF2N2O. The van der Waals surface area contributed by atoms with Gasteiger partial charge in [0.2, 0.25) is 5.91 Å². The van der Waals surface area contributed by atoms with Gasteiger partial charge in [0, 0.05) is 23.1 Å². The van der Waals surface area contributed by atoms with E-state index in [0.29, 0.717) is 17.9 Å². The summed E-state index contributed by atoms with van der Waals surface area (Å²) >= 11 is 3.39. The Labute approximate surface area is 135 Å². The minimum absolute atomic E-state index is 0.167. The lowest BCUT2D eigenvalue weighted by Gasteiger charge is -2.09. The van der Waals surface area contributed by atoms with Crippen molar-refractivity contribution in [2.24, 2.45) is 0 Å². The Kier molecular flexibility index (Phi) is 5.49. The lowest BCUT2D eigenvalue weighted by Crippen LogP contribution is -2.16. The van der Waals surface area contributed by atoms with Gasteiger partial charge in [0.1, 0.15) is 0 Å². The molecule has 0 spiro atoms. The molecule has 0 atom stereocenters. The molecule has 116 valence electrons. The van der Waals surface area contributed by atoms with E-state index in [9.17, 15) is 13.6 Å². The number of nitrogens with one attached hydrogen (secondary N) is 2. The van der Waals surface area contributed by atoms with Crippen molar-refractivity contribution in [1.29, 1.82) is 0 Å². The average molecular weight is 369 g/mol. The zero-order valence-electron chi connectivity index (χ0n) is 11.9. The number of carbonyl (C=O) groups is 1. The predicted molar refractivity (Wildman–Crippen MR) is 87.0 cm³/mol. The Balaban J connectivity index is 1.83. The van der Waals surface area contributed by atoms with Crippen LogP contribution in [0.4, 0.5) is 20.2 Å². The summed E-state index contributed by atoms with van der Waals surface area (Å²) in [5.74, 6) is -1.98. The maximum Gasteiger partial charge on any atom is 0.226 e. The van der Waals surface area contributed by atoms with E-state index in [1.807, 2.05) is 25.1 Å². The lowest BCUT2D eigenvalue weighted by atomic mass is 10.2. The summed E-state index contributed by atoms with van der Waals surface area (Å²) in [6, 6.07) is 9.16. The summed E-state index contributed by atoms with van der Waals surface area (Å²) in [5, 5.41) is 5.66. The van der Waals surface area contributed by atoms with Gasteiger partial charge in [-0.25, -0.2) is 8.78 Å². The number of halogens is 3. The Morgan fingerprint density at radius 2 is 1.91 bits per heavy atom. The van der Waals surface area contributed by atoms with Crippen LogP contribution >= 0.6 is 15.9 Å². The molecule has 6 heteroatoms. The summed E-state index contributed by atoms with van der Waals surface area (Å²) in [6.07, 6.45) is 0.208. The van der Waals surface area contributed by atoms with Crippen LogP contribution in [0, 0.1) is 18.6 Å². The van der Waals surface area contributed by atoms with Gasteiger partial charge in [-0.3, -0.25) is 4.79 Å². The van der Waals surface area contributed by atoms with E-state index in [-0.39, 0.29) is 12.3 Å². The first kappa shape index (κ1) is 16.4. The molecule has 0 saturated heterocycles. The molecule has 2 aromatic carbocycles. The second-order valence-corrected chi connectivity index (χ2v) is 5.69. The van der Waals surface area contributed by atoms with Crippen LogP contribution in [0.2, 0.25) is 0 Å². The number of rotatable bonds is 5. The van der Waals surface area contributed by atoms with Gasteiger partial charge in [-0.2, -0.15) is 0 Å². The van der Waals surface area contributed by atoms with Crippen LogP contribution in [-0.4, -0.2) is 12.5 Å². The lowest BCUT2D eigenvalue weighted by molar-refractivity contribution is -0.115. The number of benzene rings is 2. The third-order valence-electron chi connectivity index (χ3n) is 3.00. The fourth-order valence-electron chi connectivity index (χ4n) is 1.86. The molecule has 0 saturated carbocycles. The van der Waals surface area contributed by atoms with Gasteiger partial charge in [0.15, 0.2) is 11.6 Å². The van der Waals surface area contributed by atoms with Crippen LogP contribution in [0.3, 0.4) is 0 Å². The van der Waals surface area contributed by atoms with Crippen molar-refractivity contribution in [3.05, 3.63) is 58.1 Å². The van der Waals surface area contributed by atoms with Crippen LogP contribution in [0.5, 0.6) is 0 Å². The molecule has 0 fully saturated rings. The molecule has 2 N–H and O–H groups in total. The zero-order chi connectivity index (χ0) is 16.1. The van der Waals surface area contributed by atoms with Gasteiger partial charge in [-0.05, 0) is 58.7 Å². The average Bonchev–Trinajstić information content (AvgIpc) is 2.46. The van der Waals surface area contributed by atoms with Gasteiger partial charge >= 0.3 is 0 Å². The van der Waals surface area contributed by atoms with E-state index in [1.54, 1.807) is 0 Å². The van der Waals surface area contributed by atoms with E-state index in [2.05, 4.69) is 26.6 Å². The van der Waals surface area contributed by atoms with Crippen LogP contribution in [0.1, 0.15) is 12.0 Å². The Bertz CT molecular complexity index is 692. The zero-order valence-corrected chi connectivity index (χ0v) is 13.5. The van der Waals surface area contributed by atoms with Gasteiger partial charge in [0.25, 0.3) is 0 Å². The number of hydrogen-bond acceptors (Lipinski definition) is 2. The van der Waals surface area contributed by atoms with Crippen LogP contribution in [0.25, 0.3) is 0 Å². The molecule has 0 heterocycles. The fourth-order valence-corrected chi connectivity index (χ4v) is 2.45. The van der Waals surface area contributed by atoms with Crippen LogP contribution < -0.4 is 10.6 Å². The first-order chi connectivity index (χ1) is 10.5. The summed E-state index contributed by atoms with van der Waals surface area (Å²) in [5.41, 5.74) is 2.22. The highest BCUT2D eigenvalue weighted by Crippen LogP contribution is 2.23. The summed E-state index contributed by atoms with van der Waals surface area (Å²) in [6.45, 7) is 2.28. The fraction of sp³-hybridized carbons (Fsp3) is 0.188.